The van der Waals surface area contributed by atoms with Gasteiger partial charge in [-0.2, -0.15) is 10.2 Å². The van der Waals surface area contributed by atoms with Gasteiger partial charge in [-0.25, -0.2) is 0 Å². The number of hydrogen-bond donors (Lipinski definition) is 2. The summed E-state index contributed by atoms with van der Waals surface area (Å²) in [7, 11) is 1.65. The molecule has 0 radical (unpaired) electrons. The lowest BCUT2D eigenvalue weighted by Gasteiger charge is -2.38. The first kappa shape index (κ1) is 24.9. The lowest BCUT2D eigenvalue weighted by atomic mass is 9.81. The first-order valence-corrected chi connectivity index (χ1v) is 13.0. The highest BCUT2D eigenvalue weighted by Crippen LogP contribution is 2.33. The average Bonchev–Trinajstić information content (AvgIpc) is 2.89. The first-order chi connectivity index (χ1) is 16.7. The van der Waals surface area contributed by atoms with Crippen molar-refractivity contribution < 1.29 is 14.9 Å². The predicted molar refractivity (Wildman–Crippen MR) is 135 cm³/mol. The second-order valence-corrected chi connectivity index (χ2v) is 10.1. The van der Waals surface area contributed by atoms with Crippen molar-refractivity contribution in [2.45, 2.75) is 36.7 Å². The largest absolute Gasteiger partial charge is 0.497 e. The van der Waals surface area contributed by atoms with E-state index in [1.807, 2.05) is 42.1 Å². The Morgan fingerprint density at radius 3 is 2.88 bits per heavy atom. The number of methoxy groups -OCH3 is 1. The Morgan fingerprint density at radius 1 is 1.18 bits per heavy atom. The highest BCUT2D eigenvalue weighted by atomic mass is 32.2. The summed E-state index contributed by atoms with van der Waals surface area (Å²) in [5.74, 6) is 2.49. The second-order valence-electron chi connectivity index (χ2n) is 8.95. The van der Waals surface area contributed by atoms with Crippen LogP contribution in [0.25, 0.3) is 10.9 Å². The lowest BCUT2D eigenvalue weighted by molar-refractivity contribution is 0.0581. The van der Waals surface area contributed by atoms with Crippen LogP contribution >= 0.6 is 11.8 Å². The molecule has 3 heterocycles. The minimum absolute atomic E-state index is 0.198. The minimum Gasteiger partial charge on any atom is -0.497 e. The molecule has 1 aliphatic rings. The molecular weight excluding hydrogens is 448 g/mol. The van der Waals surface area contributed by atoms with Crippen molar-refractivity contribution in [3.8, 4) is 5.75 Å². The fourth-order valence-corrected chi connectivity index (χ4v) is 5.67. The van der Waals surface area contributed by atoms with Gasteiger partial charge in [-0.05, 0) is 92.3 Å². The van der Waals surface area contributed by atoms with Crippen molar-refractivity contribution in [2.24, 2.45) is 11.8 Å². The third-order valence-corrected chi connectivity index (χ3v) is 7.87. The van der Waals surface area contributed by atoms with Gasteiger partial charge < -0.3 is 19.8 Å². The van der Waals surface area contributed by atoms with Gasteiger partial charge in [0.1, 0.15) is 5.75 Å². The number of ether oxygens (including phenoxy) is 1. The molecule has 0 saturated carbocycles. The lowest BCUT2D eigenvalue weighted by Crippen LogP contribution is -2.42. The summed E-state index contributed by atoms with van der Waals surface area (Å²) in [6.45, 7) is 3.22. The molecule has 34 heavy (non-hydrogen) atoms. The highest BCUT2D eigenvalue weighted by Gasteiger charge is 2.29. The van der Waals surface area contributed by atoms with E-state index in [2.05, 4.69) is 20.1 Å². The number of rotatable bonds is 11. The molecule has 3 atom stereocenters. The molecule has 7 nitrogen and oxygen atoms in total. The third kappa shape index (κ3) is 6.44. The first-order valence-electron chi connectivity index (χ1n) is 12.0. The molecule has 8 heteroatoms. The molecule has 2 N–H and O–H groups in total. The monoisotopic (exact) mass is 482 g/mol. The van der Waals surface area contributed by atoms with E-state index in [0.717, 1.165) is 71.8 Å². The average molecular weight is 483 g/mol. The van der Waals surface area contributed by atoms with E-state index in [1.165, 1.54) is 0 Å². The maximum atomic E-state index is 11.0. The third-order valence-electron chi connectivity index (χ3n) is 6.81. The molecule has 1 aromatic carbocycles. The molecule has 2 aromatic heterocycles. The SMILES string of the molecule is COc1ccc2nccc([C@@H](O)CC[C@@H]3CCN(CCCSc4ccnnc4)C[C@@H]3CO)c2c1. The van der Waals surface area contributed by atoms with Crippen molar-refractivity contribution in [3.63, 3.8) is 0 Å². The fourth-order valence-electron chi connectivity index (χ4n) is 4.88. The molecule has 1 aliphatic heterocycles. The van der Waals surface area contributed by atoms with Crippen LogP contribution in [0.2, 0.25) is 0 Å². The van der Waals surface area contributed by atoms with Gasteiger partial charge in [0, 0.05) is 29.6 Å². The molecule has 0 spiro atoms. The van der Waals surface area contributed by atoms with Gasteiger partial charge >= 0.3 is 0 Å². The number of benzene rings is 1. The van der Waals surface area contributed by atoms with Gasteiger partial charge in [0.2, 0.25) is 0 Å². The predicted octanol–water partition coefficient (Wildman–Crippen LogP) is 3.96. The molecule has 4 rings (SSSR count). The Kier molecular flexibility index (Phi) is 9.10. The van der Waals surface area contributed by atoms with Crippen molar-refractivity contribution >= 4 is 22.7 Å². The summed E-state index contributed by atoms with van der Waals surface area (Å²) in [4.78, 5) is 8.05. The van der Waals surface area contributed by atoms with E-state index in [4.69, 9.17) is 4.74 Å². The maximum absolute atomic E-state index is 11.0. The Bertz CT molecular complexity index is 1040. The van der Waals surface area contributed by atoms with E-state index in [-0.39, 0.29) is 12.5 Å². The molecule has 0 amide bonds. The molecule has 0 bridgehead atoms. The summed E-state index contributed by atoms with van der Waals surface area (Å²) in [6.07, 6.45) is 8.47. The van der Waals surface area contributed by atoms with Gasteiger partial charge in [-0.1, -0.05) is 0 Å². The van der Waals surface area contributed by atoms with Gasteiger partial charge in [0.15, 0.2) is 0 Å². The minimum atomic E-state index is -0.560. The van der Waals surface area contributed by atoms with Crippen LogP contribution < -0.4 is 4.74 Å². The van der Waals surface area contributed by atoms with E-state index < -0.39 is 6.10 Å². The molecule has 3 aromatic rings. The summed E-state index contributed by atoms with van der Waals surface area (Å²) in [6, 6.07) is 9.65. The number of pyridine rings is 1. The second kappa shape index (κ2) is 12.4. The van der Waals surface area contributed by atoms with Gasteiger partial charge in [0.25, 0.3) is 0 Å². The van der Waals surface area contributed by atoms with E-state index in [9.17, 15) is 10.2 Å². The number of piperidine rings is 1. The normalized spacial score (nSPS) is 19.9. The molecule has 1 saturated heterocycles. The van der Waals surface area contributed by atoms with Crippen LogP contribution in [0, 0.1) is 11.8 Å². The Labute approximate surface area is 205 Å². The summed E-state index contributed by atoms with van der Waals surface area (Å²) < 4.78 is 5.36. The van der Waals surface area contributed by atoms with Crippen molar-refractivity contribution in [3.05, 3.63) is 54.5 Å². The van der Waals surface area contributed by atoms with E-state index in [0.29, 0.717) is 12.3 Å². The number of thioether (sulfide) groups is 1. The topological polar surface area (TPSA) is 91.6 Å². The number of fused-ring (bicyclic) bond motifs is 1. The van der Waals surface area contributed by atoms with E-state index >= 15 is 0 Å². The molecule has 182 valence electrons. The smallest absolute Gasteiger partial charge is 0.119 e. The van der Waals surface area contributed by atoms with Crippen molar-refractivity contribution in [1.82, 2.24) is 20.1 Å². The Morgan fingerprint density at radius 2 is 2.09 bits per heavy atom. The molecule has 0 aliphatic carbocycles. The standard InChI is InChI=1S/C26H34N4O3S/c1-33-21-4-5-25-24(15-21)23(8-10-27-25)26(32)6-3-19-9-13-30(17-20(19)18-31)12-2-14-34-22-7-11-28-29-16-22/h4-5,7-8,10-11,15-16,19-20,26,31-32H,2-3,6,9,12-14,17-18H2,1H3/t19-,20-,26+/m1/s1. The Balaban J connectivity index is 1.26. The molecule has 1 fully saturated rings. The quantitative estimate of drug-likeness (QED) is 0.313. The zero-order valence-corrected chi connectivity index (χ0v) is 20.5. The summed E-state index contributed by atoms with van der Waals surface area (Å²) in [5, 5.41) is 29.7. The zero-order valence-electron chi connectivity index (χ0n) is 19.7. The van der Waals surface area contributed by atoms with Crippen LogP contribution in [0.1, 0.15) is 37.4 Å². The van der Waals surface area contributed by atoms with Crippen molar-refractivity contribution in [2.75, 3.05) is 39.1 Å². The van der Waals surface area contributed by atoms with Gasteiger partial charge in [-0.15, -0.1) is 11.8 Å². The van der Waals surface area contributed by atoms with Crippen LogP contribution in [0.5, 0.6) is 5.75 Å². The number of likely N-dealkylation sites (tertiary alicyclic amines) is 1. The fraction of sp³-hybridized carbons (Fsp3) is 0.500. The van der Waals surface area contributed by atoms with Gasteiger partial charge in [0.05, 0.1) is 31.1 Å². The number of nitrogens with zero attached hydrogens (tertiary/aromatic N) is 4. The maximum Gasteiger partial charge on any atom is 0.119 e. The van der Waals surface area contributed by atoms with Gasteiger partial charge in [-0.3, -0.25) is 4.98 Å². The number of aliphatic hydroxyl groups is 2. The number of aliphatic hydroxyl groups excluding tert-OH is 2. The zero-order chi connectivity index (χ0) is 23.8. The number of aromatic nitrogens is 3. The highest BCUT2D eigenvalue weighted by molar-refractivity contribution is 7.99. The summed E-state index contributed by atoms with van der Waals surface area (Å²) in [5.41, 5.74) is 1.75. The van der Waals surface area contributed by atoms with E-state index in [1.54, 1.807) is 25.7 Å². The molecule has 0 unspecified atom stereocenters. The Hall–Kier alpha value is -2.26. The molecular formula is C26H34N4O3S. The number of hydrogen-bond acceptors (Lipinski definition) is 8. The van der Waals surface area contributed by atoms with Crippen LogP contribution in [0.3, 0.4) is 0 Å². The van der Waals surface area contributed by atoms with Crippen LogP contribution in [-0.4, -0.2) is 69.4 Å². The summed E-state index contributed by atoms with van der Waals surface area (Å²) >= 11 is 1.81. The van der Waals surface area contributed by atoms with Crippen LogP contribution in [0.15, 0.2) is 53.8 Å². The van der Waals surface area contributed by atoms with Crippen LogP contribution in [0.4, 0.5) is 0 Å². The van der Waals surface area contributed by atoms with Crippen LogP contribution in [-0.2, 0) is 0 Å². The van der Waals surface area contributed by atoms with Crippen molar-refractivity contribution in [1.29, 1.82) is 0 Å².